The maximum atomic E-state index is 13.6. The van der Waals surface area contributed by atoms with Gasteiger partial charge in [0.2, 0.25) is 0 Å². The third kappa shape index (κ3) is 17.1. The second-order valence-electron chi connectivity index (χ2n) is 18.2. The smallest absolute Gasteiger partial charge is 0.416 e. The number of nitrogens with two attached hydrogens (primary N) is 1. The Morgan fingerprint density at radius 3 is 1.48 bits per heavy atom. The first kappa shape index (κ1) is 63.9. The van der Waals surface area contributed by atoms with Gasteiger partial charge in [-0.05, 0) is 147 Å². The predicted molar refractivity (Wildman–Crippen MR) is 309 cm³/mol. The van der Waals surface area contributed by atoms with Gasteiger partial charge >= 0.3 is 18.3 Å². The van der Waals surface area contributed by atoms with Crippen LogP contribution < -0.4 is 11.1 Å². The lowest BCUT2D eigenvalue weighted by atomic mass is 10.0. The molecule has 0 unspecified atom stereocenters. The van der Waals surface area contributed by atoms with Gasteiger partial charge in [0.1, 0.15) is 11.6 Å². The number of carbonyl (C=O) groups excluding carboxylic acids is 2. The van der Waals surface area contributed by atoms with Crippen LogP contribution in [0, 0.1) is 27.7 Å². The van der Waals surface area contributed by atoms with E-state index in [2.05, 4.69) is 45.2 Å². The van der Waals surface area contributed by atoms with Gasteiger partial charge in [0, 0.05) is 102 Å². The standard InChI is InChI=1S/C29H23F3N6O.C19H17N3O2.C11H10F3N3.3CH4/c1-18-5-6-20(10-22(18)11-27-34-9-7-26(37-27)21-4-3-8-33-15-21)28(39)36-24-12-23(29(30,31)32)13-25(14-24)38-16-19(2)35-17-38;1-13-5-6-14(19(23)24-2)10-16(13)11-18-21-9-7-17(22-18)15-4-3-8-20-12-15;1-7-5-17(6-16-7)10-3-8(11(12,13)14)2-9(15)4-10;;;/h3-10,12-17H,11H2,1-2H3,(H,36,39);3-10,12H,11H2,1-2H3;2-6H,15H2,1H3;3*1H4. The van der Waals surface area contributed by atoms with Gasteiger partial charge in [-0.2, -0.15) is 26.3 Å². The summed E-state index contributed by atoms with van der Waals surface area (Å²) >= 11 is 0. The molecule has 0 aliphatic heterocycles. The molecule has 10 aromatic rings. The van der Waals surface area contributed by atoms with Gasteiger partial charge < -0.3 is 24.9 Å². The molecule has 0 saturated carbocycles. The summed E-state index contributed by atoms with van der Waals surface area (Å²) in [6.45, 7) is 7.41. The van der Waals surface area contributed by atoms with E-state index in [0.717, 1.165) is 74.7 Å². The Hall–Kier alpha value is -9.92. The van der Waals surface area contributed by atoms with Gasteiger partial charge in [0.05, 0.1) is 59.2 Å². The van der Waals surface area contributed by atoms with Gasteiger partial charge in [0.25, 0.3) is 5.91 Å². The van der Waals surface area contributed by atoms with Crippen molar-refractivity contribution < 1.29 is 40.7 Å². The number of imidazole rings is 2. The molecule has 0 aliphatic carbocycles. The number of aromatic nitrogens is 10. The summed E-state index contributed by atoms with van der Waals surface area (Å²) in [6.07, 6.45) is 8.35. The first-order valence-electron chi connectivity index (χ1n) is 24.4. The average Bonchev–Trinajstić information content (AvgIpc) is 4.33. The molecular formula is C62H62F6N12O3. The zero-order valence-corrected chi connectivity index (χ0v) is 43.6. The number of esters is 1. The van der Waals surface area contributed by atoms with E-state index in [4.69, 9.17) is 10.5 Å². The minimum absolute atomic E-state index is 0. The molecule has 0 spiro atoms. The number of ether oxygens (including phenoxy) is 1. The van der Waals surface area contributed by atoms with E-state index >= 15 is 0 Å². The van der Waals surface area contributed by atoms with Crippen LogP contribution in [0.25, 0.3) is 33.9 Å². The van der Waals surface area contributed by atoms with E-state index in [1.807, 2.05) is 56.3 Å². The second kappa shape index (κ2) is 28.0. The van der Waals surface area contributed by atoms with E-state index in [9.17, 15) is 35.9 Å². The van der Waals surface area contributed by atoms with Crippen molar-refractivity contribution in [3.63, 3.8) is 0 Å². The summed E-state index contributed by atoms with van der Waals surface area (Å²) in [5.41, 5.74) is 13.9. The largest absolute Gasteiger partial charge is 0.465 e. The van der Waals surface area contributed by atoms with Crippen molar-refractivity contribution >= 4 is 23.3 Å². The molecule has 0 fully saturated rings. The lowest BCUT2D eigenvalue weighted by Crippen LogP contribution is -2.14. The van der Waals surface area contributed by atoms with Gasteiger partial charge in [-0.25, -0.2) is 34.7 Å². The zero-order valence-electron chi connectivity index (χ0n) is 43.6. The van der Waals surface area contributed by atoms with Crippen molar-refractivity contribution in [2.24, 2.45) is 0 Å². The van der Waals surface area contributed by atoms with Crippen molar-refractivity contribution in [3.05, 3.63) is 239 Å². The van der Waals surface area contributed by atoms with Gasteiger partial charge in [-0.3, -0.25) is 14.8 Å². The van der Waals surface area contributed by atoms with Crippen LogP contribution in [0.15, 0.2) is 171 Å². The van der Waals surface area contributed by atoms with Crippen molar-refractivity contribution in [1.29, 1.82) is 0 Å². The quantitative estimate of drug-likeness (QED) is 0.0708. The number of benzene rings is 4. The number of aryl methyl sites for hydroxylation is 4. The number of rotatable bonds is 11. The number of methoxy groups -OCH3 is 1. The monoisotopic (exact) mass is 1140 g/mol. The Morgan fingerprint density at radius 1 is 0.566 bits per heavy atom. The Labute approximate surface area is 477 Å². The summed E-state index contributed by atoms with van der Waals surface area (Å²) in [5, 5.41) is 2.62. The molecule has 3 N–H and O–H groups in total. The molecule has 0 bridgehead atoms. The number of nitrogens with zero attached hydrogens (tertiary/aromatic N) is 10. The minimum Gasteiger partial charge on any atom is -0.465 e. The summed E-state index contributed by atoms with van der Waals surface area (Å²) in [6, 6.07) is 28.7. The van der Waals surface area contributed by atoms with E-state index < -0.39 is 29.4 Å². The van der Waals surface area contributed by atoms with Crippen LogP contribution in [0.5, 0.6) is 0 Å². The normalized spacial score (nSPS) is 10.8. The first-order chi connectivity index (χ1) is 38.2. The molecule has 0 saturated heterocycles. The lowest BCUT2D eigenvalue weighted by molar-refractivity contribution is -0.138. The molecule has 4 aromatic carbocycles. The van der Waals surface area contributed by atoms with Crippen molar-refractivity contribution in [1.82, 2.24) is 49.0 Å². The number of anilines is 2. The van der Waals surface area contributed by atoms with Crippen LogP contribution in [0.4, 0.5) is 37.7 Å². The number of halogens is 6. The SMILES string of the molecule is C.C.C.COC(=O)c1ccc(C)c(Cc2nccc(-c3cccnc3)n2)c1.Cc1cn(-c2cc(N)cc(C(F)(F)F)c2)cn1.Cc1cn(-c2cc(NC(=O)c3ccc(C)c(Cc4nccc(-c5cccnc5)n4)c3)cc(C(F)(F)F)c2)cn1. The van der Waals surface area contributed by atoms with E-state index in [0.29, 0.717) is 47.0 Å². The number of amides is 1. The topological polar surface area (TPSA) is 194 Å². The van der Waals surface area contributed by atoms with Crippen molar-refractivity contribution in [2.45, 2.75) is 75.2 Å². The number of alkyl halides is 6. The molecule has 0 aliphatic rings. The summed E-state index contributed by atoms with van der Waals surface area (Å²) in [4.78, 5) is 59.1. The van der Waals surface area contributed by atoms with Crippen LogP contribution >= 0.6 is 0 Å². The summed E-state index contributed by atoms with van der Waals surface area (Å²) < 4.78 is 86.4. The highest BCUT2D eigenvalue weighted by Crippen LogP contribution is 2.34. The van der Waals surface area contributed by atoms with Gasteiger partial charge in [0.15, 0.2) is 0 Å². The van der Waals surface area contributed by atoms with Crippen molar-refractivity contribution in [2.75, 3.05) is 18.2 Å². The molecule has 0 radical (unpaired) electrons. The van der Waals surface area contributed by atoms with E-state index in [1.165, 1.54) is 41.0 Å². The minimum atomic E-state index is -4.59. The van der Waals surface area contributed by atoms with Crippen LogP contribution in [0.3, 0.4) is 0 Å². The Balaban J connectivity index is 0.000000245. The Morgan fingerprint density at radius 2 is 1.04 bits per heavy atom. The number of carbonyl (C=O) groups is 2. The van der Waals surface area contributed by atoms with Crippen LogP contribution in [-0.2, 0) is 29.9 Å². The fraction of sp³-hybridized carbons (Fsp3) is 0.194. The maximum absolute atomic E-state index is 13.6. The highest BCUT2D eigenvalue weighted by Gasteiger charge is 2.32. The third-order valence-corrected chi connectivity index (χ3v) is 12.2. The van der Waals surface area contributed by atoms with E-state index in [1.54, 1.807) is 93.8 Å². The Bertz CT molecular complexity index is 3790. The van der Waals surface area contributed by atoms with Crippen LogP contribution in [-0.4, -0.2) is 68.0 Å². The number of hydrogen-bond donors (Lipinski definition) is 2. The predicted octanol–water partition coefficient (Wildman–Crippen LogP) is 14.1. The summed E-state index contributed by atoms with van der Waals surface area (Å²) in [7, 11) is 1.38. The summed E-state index contributed by atoms with van der Waals surface area (Å²) in [5.74, 6) is 0.381. The molecule has 1 amide bonds. The fourth-order valence-corrected chi connectivity index (χ4v) is 8.04. The number of nitrogens with one attached hydrogen (secondary N) is 1. The van der Waals surface area contributed by atoms with E-state index in [-0.39, 0.29) is 45.3 Å². The lowest BCUT2D eigenvalue weighted by Gasteiger charge is -2.14. The fourth-order valence-electron chi connectivity index (χ4n) is 8.04. The molecule has 21 heteroatoms. The number of pyridine rings is 2. The molecule has 430 valence electrons. The van der Waals surface area contributed by atoms with Crippen LogP contribution in [0.2, 0.25) is 0 Å². The average molecular weight is 1140 g/mol. The maximum Gasteiger partial charge on any atom is 0.416 e. The van der Waals surface area contributed by atoms with Crippen molar-refractivity contribution in [3.8, 4) is 33.9 Å². The number of hydrogen-bond acceptors (Lipinski definition) is 12. The number of nitrogen functional groups attached to an aromatic ring is 1. The Kier molecular flexibility index (Phi) is 21.5. The highest BCUT2D eigenvalue weighted by molar-refractivity contribution is 6.04. The third-order valence-electron chi connectivity index (χ3n) is 12.2. The second-order valence-corrected chi connectivity index (χ2v) is 18.2. The molecule has 6 heterocycles. The zero-order chi connectivity index (χ0) is 57.1. The molecule has 10 rings (SSSR count). The molecule has 15 nitrogen and oxygen atoms in total. The van der Waals surface area contributed by atoms with Crippen LogP contribution in [0.1, 0.15) is 99.4 Å². The molecule has 83 heavy (non-hydrogen) atoms. The molecular weight excluding hydrogens is 1070 g/mol. The molecule has 6 aromatic heterocycles. The highest BCUT2D eigenvalue weighted by atomic mass is 19.4. The van der Waals surface area contributed by atoms with Gasteiger partial charge in [-0.1, -0.05) is 34.4 Å². The van der Waals surface area contributed by atoms with Gasteiger partial charge in [-0.15, -0.1) is 0 Å². The first-order valence-corrected chi connectivity index (χ1v) is 24.4. The molecule has 0 atom stereocenters.